The standard InChI is InChI=1S/C21H31N3O4S2/c1-4-5-6-7-8-15(2)24(21(29)22-17-10-11-17)20(25)14-16-9-12-19(28-3)18(13-16)23-30(26)27/h9,12-13,15,17H,4-8,10-11,14H2,1-3H3,(H,22,29). The zero-order valence-corrected chi connectivity index (χ0v) is 19.5. The van der Waals surface area contributed by atoms with Gasteiger partial charge in [-0.05, 0) is 56.1 Å². The van der Waals surface area contributed by atoms with Crippen molar-refractivity contribution in [2.75, 3.05) is 7.11 Å². The Bertz CT molecular complexity index is 874. The van der Waals surface area contributed by atoms with Crippen LogP contribution in [0, 0.1) is 0 Å². The second-order valence-corrected chi connectivity index (χ2v) is 8.68. The van der Waals surface area contributed by atoms with Crippen LogP contribution in [-0.4, -0.2) is 43.5 Å². The lowest BCUT2D eigenvalue weighted by Gasteiger charge is -2.30. The number of carbonyl (C=O) groups excluding carboxylic acids is 1. The van der Waals surface area contributed by atoms with Crippen molar-refractivity contribution in [3.05, 3.63) is 23.8 Å². The van der Waals surface area contributed by atoms with Crippen LogP contribution < -0.4 is 10.1 Å². The molecule has 0 radical (unpaired) electrons. The molecule has 1 amide bonds. The minimum Gasteiger partial charge on any atom is -0.494 e. The summed E-state index contributed by atoms with van der Waals surface area (Å²) in [6, 6.07) is 5.27. The van der Waals surface area contributed by atoms with Crippen LogP contribution in [0.25, 0.3) is 0 Å². The van der Waals surface area contributed by atoms with E-state index in [0.29, 0.717) is 22.5 Å². The number of benzene rings is 1. The molecular formula is C21H31N3O4S2. The van der Waals surface area contributed by atoms with Crippen molar-refractivity contribution in [1.29, 1.82) is 0 Å². The fraction of sp³-hybridized carbons (Fsp3) is 0.619. The van der Waals surface area contributed by atoms with Crippen molar-refractivity contribution < 1.29 is 17.9 Å². The average Bonchev–Trinajstić information content (AvgIpc) is 3.49. The van der Waals surface area contributed by atoms with E-state index in [0.717, 1.165) is 38.5 Å². The van der Waals surface area contributed by atoms with E-state index in [2.05, 4.69) is 16.6 Å². The number of rotatable bonds is 11. The Balaban J connectivity index is 2.16. The molecule has 1 fully saturated rings. The number of hydrogen-bond acceptors (Lipinski definition) is 6. The lowest BCUT2D eigenvalue weighted by Crippen LogP contribution is -2.49. The summed E-state index contributed by atoms with van der Waals surface area (Å²) in [5.74, 6) is 0.220. The normalized spacial score (nSPS) is 14.0. The zero-order valence-electron chi connectivity index (χ0n) is 17.9. The Labute approximate surface area is 185 Å². The van der Waals surface area contributed by atoms with Crippen LogP contribution in [0.1, 0.15) is 64.4 Å². The molecule has 0 spiro atoms. The second-order valence-electron chi connectivity index (χ2n) is 7.68. The van der Waals surface area contributed by atoms with Gasteiger partial charge in [-0.3, -0.25) is 9.69 Å². The van der Waals surface area contributed by atoms with E-state index >= 15 is 0 Å². The summed E-state index contributed by atoms with van der Waals surface area (Å²) in [5, 5.41) is 3.75. The van der Waals surface area contributed by atoms with Gasteiger partial charge in [-0.1, -0.05) is 38.7 Å². The zero-order chi connectivity index (χ0) is 22.1. The smallest absolute Gasteiger partial charge is 0.316 e. The molecule has 0 saturated heterocycles. The fourth-order valence-electron chi connectivity index (χ4n) is 3.28. The van der Waals surface area contributed by atoms with E-state index in [-0.39, 0.29) is 24.1 Å². The third-order valence-electron chi connectivity index (χ3n) is 5.08. The molecule has 1 N–H and O–H groups in total. The molecule has 9 heteroatoms. The summed E-state index contributed by atoms with van der Waals surface area (Å²) >= 11 is 5.56. The molecule has 0 bridgehead atoms. The number of amides is 1. The lowest BCUT2D eigenvalue weighted by molar-refractivity contribution is -0.128. The number of unbranched alkanes of at least 4 members (excludes halogenated alkanes) is 3. The Morgan fingerprint density at radius 1 is 1.33 bits per heavy atom. The van der Waals surface area contributed by atoms with Crippen LogP contribution in [0.5, 0.6) is 5.75 Å². The van der Waals surface area contributed by atoms with E-state index in [4.69, 9.17) is 17.0 Å². The lowest BCUT2D eigenvalue weighted by atomic mass is 10.1. The Kier molecular flexibility index (Phi) is 9.71. The second kappa shape index (κ2) is 12.0. The largest absolute Gasteiger partial charge is 0.494 e. The van der Waals surface area contributed by atoms with Gasteiger partial charge < -0.3 is 10.1 Å². The fourth-order valence-corrected chi connectivity index (χ4v) is 4.04. The molecule has 1 unspecified atom stereocenters. The number of thiocarbonyl (C=S) groups is 1. The number of carbonyl (C=O) groups is 1. The first kappa shape index (κ1) is 24.3. The van der Waals surface area contributed by atoms with E-state index < -0.39 is 10.5 Å². The summed E-state index contributed by atoms with van der Waals surface area (Å²) in [5.41, 5.74) is 0.830. The molecule has 1 aliphatic rings. The predicted molar refractivity (Wildman–Crippen MR) is 122 cm³/mol. The van der Waals surface area contributed by atoms with E-state index in [1.165, 1.54) is 13.5 Å². The van der Waals surface area contributed by atoms with Gasteiger partial charge in [0.25, 0.3) is 0 Å². The number of hydrogen-bond donors (Lipinski definition) is 1. The molecule has 1 aliphatic carbocycles. The number of nitrogens with zero attached hydrogens (tertiary/aromatic N) is 2. The maximum absolute atomic E-state index is 13.2. The molecule has 1 aromatic rings. The SMILES string of the molecule is CCCCCCC(C)N(C(=O)Cc1ccc(OC)c(N=S(=O)=O)c1)C(=S)NC1CC1. The van der Waals surface area contributed by atoms with Crippen molar-refractivity contribution in [1.82, 2.24) is 10.2 Å². The molecule has 0 aliphatic heterocycles. The van der Waals surface area contributed by atoms with Crippen LogP contribution >= 0.6 is 12.2 Å². The molecule has 2 rings (SSSR count). The highest BCUT2D eigenvalue weighted by molar-refractivity contribution is 7.80. The summed E-state index contributed by atoms with van der Waals surface area (Å²) in [6.07, 6.45) is 7.67. The van der Waals surface area contributed by atoms with Gasteiger partial charge in [0.1, 0.15) is 11.4 Å². The molecule has 0 aromatic heterocycles. The van der Waals surface area contributed by atoms with Gasteiger partial charge in [-0.2, -0.15) is 8.42 Å². The number of ether oxygens (including phenoxy) is 1. The number of methoxy groups -OCH3 is 1. The van der Waals surface area contributed by atoms with E-state index in [9.17, 15) is 13.2 Å². The van der Waals surface area contributed by atoms with Crippen molar-refractivity contribution in [3.63, 3.8) is 0 Å². The molecule has 1 saturated carbocycles. The molecular weight excluding hydrogens is 422 g/mol. The highest BCUT2D eigenvalue weighted by Gasteiger charge is 2.29. The van der Waals surface area contributed by atoms with Crippen LogP contribution in [0.3, 0.4) is 0 Å². The molecule has 30 heavy (non-hydrogen) atoms. The van der Waals surface area contributed by atoms with Gasteiger partial charge in [0, 0.05) is 12.1 Å². The predicted octanol–water partition coefficient (Wildman–Crippen LogP) is 4.16. The summed E-state index contributed by atoms with van der Waals surface area (Å²) in [7, 11) is -1.17. The van der Waals surface area contributed by atoms with Crippen LogP contribution in [-0.2, 0) is 21.7 Å². The Morgan fingerprint density at radius 2 is 2.07 bits per heavy atom. The van der Waals surface area contributed by atoms with Crippen LogP contribution in [0.4, 0.5) is 5.69 Å². The van der Waals surface area contributed by atoms with Gasteiger partial charge >= 0.3 is 10.5 Å². The molecule has 1 atom stereocenters. The quantitative estimate of drug-likeness (QED) is 0.400. The van der Waals surface area contributed by atoms with Crippen molar-refractivity contribution in [3.8, 4) is 5.75 Å². The first-order valence-electron chi connectivity index (χ1n) is 10.5. The van der Waals surface area contributed by atoms with Gasteiger partial charge in [-0.15, -0.1) is 4.36 Å². The summed E-state index contributed by atoms with van der Waals surface area (Å²) < 4.78 is 30.7. The minimum atomic E-state index is -2.61. The summed E-state index contributed by atoms with van der Waals surface area (Å²) in [6.45, 7) is 4.20. The average molecular weight is 454 g/mol. The van der Waals surface area contributed by atoms with E-state index in [1.54, 1.807) is 23.1 Å². The van der Waals surface area contributed by atoms with Gasteiger partial charge in [0.15, 0.2) is 5.11 Å². The van der Waals surface area contributed by atoms with Crippen LogP contribution in [0.2, 0.25) is 0 Å². The topological polar surface area (TPSA) is 88.1 Å². The monoisotopic (exact) mass is 453 g/mol. The molecule has 7 nitrogen and oxygen atoms in total. The molecule has 0 heterocycles. The maximum atomic E-state index is 13.2. The summed E-state index contributed by atoms with van der Waals surface area (Å²) in [4.78, 5) is 14.9. The minimum absolute atomic E-state index is 0.00958. The van der Waals surface area contributed by atoms with Gasteiger partial charge in [-0.25, -0.2) is 0 Å². The van der Waals surface area contributed by atoms with Crippen molar-refractivity contribution in [2.45, 2.75) is 77.3 Å². The molecule has 1 aromatic carbocycles. The van der Waals surface area contributed by atoms with E-state index in [1.807, 2.05) is 6.92 Å². The van der Waals surface area contributed by atoms with Crippen molar-refractivity contribution >= 4 is 39.4 Å². The van der Waals surface area contributed by atoms with Crippen LogP contribution in [0.15, 0.2) is 22.6 Å². The third-order valence-corrected chi connectivity index (χ3v) is 5.74. The van der Waals surface area contributed by atoms with Gasteiger partial charge in [0.2, 0.25) is 5.91 Å². The maximum Gasteiger partial charge on any atom is 0.316 e. The number of nitrogens with one attached hydrogen (secondary N) is 1. The first-order chi connectivity index (χ1) is 14.3. The third kappa shape index (κ3) is 7.68. The van der Waals surface area contributed by atoms with Crippen molar-refractivity contribution in [2.24, 2.45) is 4.36 Å². The highest BCUT2D eigenvalue weighted by Crippen LogP contribution is 2.29. The molecule has 166 valence electrons. The Morgan fingerprint density at radius 3 is 2.67 bits per heavy atom. The Hall–Kier alpha value is -2.00. The van der Waals surface area contributed by atoms with Gasteiger partial charge in [0.05, 0.1) is 13.5 Å². The highest BCUT2D eigenvalue weighted by atomic mass is 32.2. The first-order valence-corrected chi connectivity index (χ1v) is 11.9.